The number of hydrogen-bond donors (Lipinski definition) is 2. The van der Waals surface area contributed by atoms with Crippen molar-refractivity contribution in [3.63, 3.8) is 0 Å². The van der Waals surface area contributed by atoms with Crippen molar-refractivity contribution < 1.29 is 24.1 Å². The number of aliphatic carboxylic acids is 1. The lowest BCUT2D eigenvalue weighted by Crippen LogP contribution is -2.11. The molecule has 4 aromatic rings. The summed E-state index contributed by atoms with van der Waals surface area (Å²) in [6, 6.07) is 20.5. The van der Waals surface area contributed by atoms with Crippen LogP contribution in [0.3, 0.4) is 0 Å². The van der Waals surface area contributed by atoms with E-state index in [1.54, 1.807) is 6.20 Å². The first kappa shape index (κ1) is 26.7. The van der Waals surface area contributed by atoms with Gasteiger partial charge in [-0.05, 0) is 73.2 Å². The van der Waals surface area contributed by atoms with Gasteiger partial charge in [0.2, 0.25) is 0 Å². The van der Waals surface area contributed by atoms with E-state index in [0.29, 0.717) is 19.8 Å². The molecule has 0 spiro atoms. The maximum atomic E-state index is 11.2. The summed E-state index contributed by atoms with van der Waals surface area (Å²) in [5.74, 6) is 1.62. The number of carboxylic acid groups (broad SMARTS) is 1. The normalized spacial score (nSPS) is 16.8. The Morgan fingerprint density at radius 3 is 2.66 bits per heavy atom. The topological polar surface area (TPSA) is 89.9 Å². The van der Waals surface area contributed by atoms with E-state index < -0.39 is 5.97 Å². The fourth-order valence-electron chi connectivity index (χ4n) is 5.95. The highest BCUT2D eigenvalue weighted by molar-refractivity contribution is 5.79. The van der Waals surface area contributed by atoms with Crippen molar-refractivity contribution in [1.82, 2.24) is 4.98 Å². The lowest BCUT2D eigenvalue weighted by Gasteiger charge is -2.17. The number of anilines is 1. The second-order valence-electron chi connectivity index (χ2n) is 10.8. The SMILES string of the molecule is Cc1cc(OCCCc2cccnc2)cc(C)c1-c1cccc2c1OC[C@H]2Nc1ccc2c(c1)OC[C@H]2CC(=O)O. The second kappa shape index (κ2) is 11.5. The number of nitrogens with zero attached hydrogens (tertiary/aromatic N) is 1. The molecule has 3 heterocycles. The van der Waals surface area contributed by atoms with Crippen LogP contribution < -0.4 is 19.5 Å². The van der Waals surface area contributed by atoms with Crippen LogP contribution in [0, 0.1) is 13.8 Å². The zero-order valence-electron chi connectivity index (χ0n) is 23.4. The molecule has 2 aliphatic heterocycles. The van der Waals surface area contributed by atoms with Crippen molar-refractivity contribution >= 4 is 11.7 Å². The summed E-state index contributed by atoms with van der Waals surface area (Å²) >= 11 is 0. The van der Waals surface area contributed by atoms with Crippen molar-refractivity contribution in [1.29, 1.82) is 0 Å². The molecular formula is C34H34N2O5. The Bertz CT molecular complexity index is 1550. The second-order valence-corrected chi connectivity index (χ2v) is 10.8. The maximum Gasteiger partial charge on any atom is 0.304 e. The van der Waals surface area contributed by atoms with E-state index in [2.05, 4.69) is 60.5 Å². The van der Waals surface area contributed by atoms with Crippen LogP contribution >= 0.6 is 0 Å². The van der Waals surface area contributed by atoms with Crippen molar-refractivity contribution in [3.05, 3.63) is 101 Å². The number of nitrogens with one attached hydrogen (secondary N) is 1. The van der Waals surface area contributed by atoms with Crippen LogP contribution in [-0.2, 0) is 11.2 Å². The number of pyridine rings is 1. The van der Waals surface area contributed by atoms with E-state index in [4.69, 9.17) is 14.2 Å². The first-order valence-electron chi connectivity index (χ1n) is 14.1. The molecule has 41 heavy (non-hydrogen) atoms. The van der Waals surface area contributed by atoms with Crippen LogP contribution in [0.2, 0.25) is 0 Å². The summed E-state index contributed by atoms with van der Waals surface area (Å²) in [5.41, 5.74) is 8.75. The standard InChI is InChI=1S/C34H34N2O5/c1-21-14-26(39-13-5-7-23-6-4-12-35-18-23)15-22(2)33(21)29-9-3-8-28-30(20-41-34(28)29)36-25-10-11-27-24(16-32(37)38)19-40-31(27)17-25/h3-4,6,8-12,14-15,17-18,24,30,36H,5,7,13,16,19-20H2,1-2H3,(H,37,38)/t24-,30-/m1/s1. The monoisotopic (exact) mass is 550 g/mol. The van der Waals surface area contributed by atoms with Gasteiger partial charge in [0.1, 0.15) is 23.9 Å². The molecule has 0 bridgehead atoms. The van der Waals surface area contributed by atoms with Gasteiger partial charge in [-0.1, -0.05) is 30.3 Å². The highest BCUT2D eigenvalue weighted by Gasteiger charge is 2.30. The molecule has 2 N–H and O–H groups in total. The number of benzene rings is 3. The largest absolute Gasteiger partial charge is 0.494 e. The minimum absolute atomic E-state index is 0.0118. The number of fused-ring (bicyclic) bond motifs is 2. The Kier molecular flexibility index (Phi) is 7.51. The highest BCUT2D eigenvalue weighted by Crippen LogP contribution is 2.45. The van der Waals surface area contributed by atoms with Crippen molar-refractivity contribution in [3.8, 4) is 28.4 Å². The predicted octanol–water partition coefficient (Wildman–Crippen LogP) is 6.87. The van der Waals surface area contributed by atoms with Crippen LogP contribution in [0.15, 0.2) is 73.1 Å². The fraction of sp³-hybridized carbons (Fsp3) is 0.294. The number of aromatic nitrogens is 1. The summed E-state index contributed by atoms with van der Waals surface area (Å²) in [6.07, 6.45) is 5.64. The van der Waals surface area contributed by atoms with Crippen LogP contribution in [0.5, 0.6) is 17.2 Å². The molecule has 0 amide bonds. The van der Waals surface area contributed by atoms with Gasteiger partial charge < -0.3 is 24.6 Å². The maximum absolute atomic E-state index is 11.2. The van der Waals surface area contributed by atoms with Crippen LogP contribution in [0.25, 0.3) is 11.1 Å². The van der Waals surface area contributed by atoms with E-state index in [1.165, 1.54) is 11.1 Å². The molecule has 0 aliphatic carbocycles. The average Bonchev–Trinajstić information content (AvgIpc) is 3.55. The molecule has 0 radical (unpaired) electrons. The Morgan fingerprint density at radius 2 is 1.88 bits per heavy atom. The first-order valence-corrected chi connectivity index (χ1v) is 14.1. The first-order chi connectivity index (χ1) is 20.0. The number of para-hydroxylation sites is 1. The highest BCUT2D eigenvalue weighted by atomic mass is 16.5. The van der Waals surface area contributed by atoms with Gasteiger partial charge in [-0.2, -0.15) is 0 Å². The molecule has 7 heteroatoms. The lowest BCUT2D eigenvalue weighted by molar-refractivity contribution is -0.137. The number of hydrogen-bond acceptors (Lipinski definition) is 6. The third-order valence-electron chi connectivity index (χ3n) is 7.85. The van der Waals surface area contributed by atoms with E-state index >= 15 is 0 Å². The molecule has 210 valence electrons. The van der Waals surface area contributed by atoms with Crippen LogP contribution in [0.1, 0.15) is 52.6 Å². The molecule has 2 aliphatic rings. The van der Waals surface area contributed by atoms with Gasteiger partial charge in [0.15, 0.2) is 0 Å². The van der Waals surface area contributed by atoms with Crippen LogP contribution in [0.4, 0.5) is 5.69 Å². The van der Waals surface area contributed by atoms with Gasteiger partial charge in [-0.25, -0.2) is 0 Å². The molecule has 0 unspecified atom stereocenters. The molecule has 7 nitrogen and oxygen atoms in total. The third-order valence-corrected chi connectivity index (χ3v) is 7.85. The Labute approximate surface area is 240 Å². The third kappa shape index (κ3) is 5.71. The quantitative estimate of drug-likeness (QED) is 0.208. The van der Waals surface area contributed by atoms with E-state index in [0.717, 1.165) is 63.6 Å². The van der Waals surface area contributed by atoms with Crippen molar-refractivity contribution in [2.75, 3.05) is 25.1 Å². The van der Waals surface area contributed by atoms with Gasteiger partial charge in [0.25, 0.3) is 0 Å². The number of carboxylic acids is 1. The molecular weight excluding hydrogens is 516 g/mol. The molecule has 0 saturated carbocycles. The smallest absolute Gasteiger partial charge is 0.304 e. The molecule has 3 aromatic carbocycles. The predicted molar refractivity (Wildman–Crippen MR) is 158 cm³/mol. The minimum atomic E-state index is -0.811. The molecule has 1 aromatic heterocycles. The number of rotatable bonds is 10. The van der Waals surface area contributed by atoms with Gasteiger partial charge in [0.05, 0.1) is 25.7 Å². The Morgan fingerprint density at radius 1 is 1.02 bits per heavy atom. The molecule has 2 atom stereocenters. The summed E-state index contributed by atoms with van der Waals surface area (Å²) in [4.78, 5) is 15.4. The number of carbonyl (C=O) groups is 1. The van der Waals surface area contributed by atoms with E-state index in [-0.39, 0.29) is 18.4 Å². The number of ether oxygens (including phenoxy) is 3. The fourth-order valence-corrected chi connectivity index (χ4v) is 5.95. The molecule has 6 rings (SSSR count). The zero-order chi connectivity index (χ0) is 28.3. The van der Waals surface area contributed by atoms with Crippen molar-refractivity contribution in [2.24, 2.45) is 0 Å². The summed E-state index contributed by atoms with van der Waals surface area (Å²) < 4.78 is 18.2. The Hall–Kier alpha value is -4.52. The zero-order valence-corrected chi connectivity index (χ0v) is 23.4. The molecule has 0 saturated heterocycles. The van der Waals surface area contributed by atoms with E-state index in [9.17, 15) is 9.90 Å². The van der Waals surface area contributed by atoms with Gasteiger partial charge in [-0.15, -0.1) is 0 Å². The van der Waals surface area contributed by atoms with E-state index in [1.807, 2.05) is 30.5 Å². The Balaban J connectivity index is 1.15. The molecule has 0 fully saturated rings. The average molecular weight is 551 g/mol. The summed E-state index contributed by atoms with van der Waals surface area (Å²) in [5, 5.41) is 12.8. The van der Waals surface area contributed by atoms with Gasteiger partial charge in [0, 0.05) is 46.8 Å². The number of aryl methyl sites for hydroxylation is 3. The summed E-state index contributed by atoms with van der Waals surface area (Å²) in [6.45, 7) is 5.81. The van der Waals surface area contributed by atoms with Gasteiger partial charge in [-0.3, -0.25) is 9.78 Å². The minimum Gasteiger partial charge on any atom is -0.494 e. The summed E-state index contributed by atoms with van der Waals surface area (Å²) in [7, 11) is 0. The van der Waals surface area contributed by atoms with Crippen LogP contribution in [-0.4, -0.2) is 35.9 Å². The lowest BCUT2D eigenvalue weighted by atomic mass is 9.92. The van der Waals surface area contributed by atoms with Gasteiger partial charge >= 0.3 is 5.97 Å². The van der Waals surface area contributed by atoms with Crippen molar-refractivity contribution in [2.45, 2.75) is 45.1 Å².